The third-order valence-electron chi connectivity index (χ3n) is 2.79. The Labute approximate surface area is 95.6 Å². The van der Waals surface area contributed by atoms with Crippen molar-refractivity contribution in [2.75, 3.05) is 19.7 Å². The molecule has 1 N–H and O–H groups in total. The van der Waals surface area contributed by atoms with Crippen LogP contribution < -0.4 is 10.1 Å². The third-order valence-corrected chi connectivity index (χ3v) is 3.02. The minimum atomic E-state index is 0.642. The van der Waals surface area contributed by atoms with E-state index in [1.165, 1.54) is 6.42 Å². The fourth-order valence-corrected chi connectivity index (χ4v) is 1.96. The van der Waals surface area contributed by atoms with Gasteiger partial charge in [0.1, 0.15) is 5.75 Å². The van der Waals surface area contributed by atoms with E-state index in [2.05, 4.69) is 5.32 Å². The molecule has 0 bridgehead atoms. The fraction of sp³-hybridized carbons (Fsp3) is 0.500. The van der Waals surface area contributed by atoms with E-state index in [4.69, 9.17) is 16.3 Å². The van der Waals surface area contributed by atoms with Crippen molar-refractivity contribution < 1.29 is 4.74 Å². The van der Waals surface area contributed by atoms with Gasteiger partial charge in [-0.05, 0) is 37.6 Å². The maximum Gasteiger partial charge on any atom is 0.123 e. The molecule has 2 nitrogen and oxygen atoms in total. The van der Waals surface area contributed by atoms with E-state index in [0.717, 1.165) is 36.0 Å². The maximum atomic E-state index is 5.92. The fourth-order valence-electron chi connectivity index (χ4n) is 1.79. The molecule has 1 fully saturated rings. The highest BCUT2D eigenvalue weighted by Crippen LogP contribution is 2.23. The van der Waals surface area contributed by atoms with Crippen molar-refractivity contribution in [3.63, 3.8) is 0 Å². The summed E-state index contributed by atoms with van der Waals surface area (Å²) < 4.78 is 5.78. The molecule has 2 rings (SSSR count). The number of rotatable bonds is 3. The van der Waals surface area contributed by atoms with Gasteiger partial charge in [0.05, 0.1) is 6.61 Å². The molecule has 15 heavy (non-hydrogen) atoms. The number of hydrogen-bond acceptors (Lipinski definition) is 2. The van der Waals surface area contributed by atoms with Crippen LogP contribution in [-0.2, 0) is 0 Å². The first kappa shape index (κ1) is 10.8. The maximum absolute atomic E-state index is 5.92. The molecule has 1 aliphatic rings. The largest absolute Gasteiger partial charge is 0.493 e. The lowest BCUT2D eigenvalue weighted by Gasteiger charge is -2.12. The summed E-state index contributed by atoms with van der Waals surface area (Å²) in [7, 11) is 0. The minimum Gasteiger partial charge on any atom is -0.493 e. The average molecular weight is 226 g/mol. The van der Waals surface area contributed by atoms with Crippen LogP contribution in [0.2, 0.25) is 5.02 Å². The predicted molar refractivity (Wildman–Crippen MR) is 62.7 cm³/mol. The van der Waals surface area contributed by atoms with Crippen molar-refractivity contribution in [1.82, 2.24) is 5.32 Å². The lowest BCUT2D eigenvalue weighted by Crippen LogP contribution is -2.15. The van der Waals surface area contributed by atoms with E-state index in [1.54, 1.807) is 0 Å². The summed E-state index contributed by atoms with van der Waals surface area (Å²) in [6.07, 6.45) is 1.21. The van der Waals surface area contributed by atoms with E-state index in [0.29, 0.717) is 5.92 Å². The molecule has 1 aromatic carbocycles. The van der Waals surface area contributed by atoms with Crippen LogP contribution in [-0.4, -0.2) is 19.7 Å². The average Bonchev–Trinajstić information content (AvgIpc) is 2.72. The van der Waals surface area contributed by atoms with E-state index in [1.807, 2.05) is 25.1 Å². The summed E-state index contributed by atoms with van der Waals surface area (Å²) in [6, 6.07) is 5.77. The molecule has 82 valence electrons. The number of aryl methyl sites for hydroxylation is 1. The number of nitrogens with one attached hydrogen (secondary N) is 1. The zero-order valence-corrected chi connectivity index (χ0v) is 9.68. The predicted octanol–water partition coefficient (Wildman–Crippen LogP) is 2.64. The first-order valence-electron chi connectivity index (χ1n) is 5.35. The molecule has 0 aliphatic carbocycles. The number of halogens is 1. The van der Waals surface area contributed by atoms with Crippen LogP contribution in [0.15, 0.2) is 18.2 Å². The van der Waals surface area contributed by atoms with Gasteiger partial charge in [-0.25, -0.2) is 0 Å². The van der Waals surface area contributed by atoms with Gasteiger partial charge < -0.3 is 10.1 Å². The zero-order chi connectivity index (χ0) is 10.7. The standard InChI is InChI=1S/C12H16ClNO/c1-9-2-3-11(13)6-12(9)15-8-10-4-5-14-7-10/h2-3,6,10,14H,4-5,7-8H2,1H3. The van der Waals surface area contributed by atoms with Crippen molar-refractivity contribution in [3.8, 4) is 5.75 Å². The van der Waals surface area contributed by atoms with Crippen LogP contribution >= 0.6 is 11.6 Å². The van der Waals surface area contributed by atoms with E-state index in [-0.39, 0.29) is 0 Å². The summed E-state index contributed by atoms with van der Waals surface area (Å²) in [5, 5.41) is 4.06. The second-order valence-electron chi connectivity index (χ2n) is 4.08. The molecule has 0 aromatic heterocycles. The second-order valence-corrected chi connectivity index (χ2v) is 4.52. The van der Waals surface area contributed by atoms with Crippen LogP contribution in [0.25, 0.3) is 0 Å². The van der Waals surface area contributed by atoms with Crippen molar-refractivity contribution >= 4 is 11.6 Å². The van der Waals surface area contributed by atoms with Gasteiger partial charge in [-0.1, -0.05) is 17.7 Å². The topological polar surface area (TPSA) is 21.3 Å². The van der Waals surface area contributed by atoms with E-state index in [9.17, 15) is 0 Å². The highest BCUT2D eigenvalue weighted by Gasteiger charge is 2.15. The molecule has 1 atom stereocenters. The van der Waals surface area contributed by atoms with Crippen molar-refractivity contribution in [2.24, 2.45) is 5.92 Å². The molecule has 1 saturated heterocycles. The Bertz CT molecular complexity index is 334. The Hall–Kier alpha value is -0.730. The molecule has 0 saturated carbocycles. The Morgan fingerprint density at radius 3 is 3.13 bits per heavy atom. The Kier molecular flexibility index (Phi) is 3.49. The molecular weight excluding hydrogens is 210 g/mol. The molecule has 0 amide bonds. The smallest absolute Gasteiger partial charge is 0.123 e. The van der Waals surface area contributed by atoms with Gasteiger partial charge >= 0.3 is 0 Å². The van der Waals surface area contributed by atoms with Crippen LogP contribution in [0.4, 0.5) is 0 Å². The van der Waals surface area contributed by atoms with Gasteiger partial charge in [0.15, 0.2) is 0 Å². The summed E-state index contributed by atoms with van der Waals surface area (Å²) >= 11 is 5.92. The van der Waals surface area contributed by atoms with Crippen LogP contribution in [0, 0.1) is 12.8 Å². The molecule has 1 aliphatic heterocycles. The summed E-state index contributed by atoms with van der Waals surface area (Å²) in [5.74, 6) is 1.55. The van der Waals surface area contributed by atoms with Crippen molar-refractivity contribution in [1.29, 1.82) is 0 Å². The minimum absolute atomic E-state index is 0.642. The van der Waals surface area contributed by atoms with Crippen LogP contribution in [0.5, 0.6) is 5.75 Å². The normalized spacial score (nSPS) is 20.5. The molecule has 1 unspecified atom stereocenters. The summed E-state index contributed by atoms with van der Waals surface area (Å²) in [4.78, 5) is 0. The van der Waals surface area contributed by atoms with Crippen molar-refractivity contribution in [3.05, 3.63) is 28.8 Å². The lowest BCUT2D eigenvalue weighted by atomic mass is 10.1. The first-order valence-corrected chi connectivity index (χ1v) is 5.73. The number of hydrogen-bond donors (Lipinski definition) is 1. The molecule has 3 heteroatoms. The van der Waals surface area contributed by atoms with Crippen molar-refractivity contribution in [2.45, 2.75) is 13.3 Å². The Balaban J connectivity index is 1.94. The SMILES string of the molecule is Cc1ccc(Cl)cc1OCC1CCNC1. The van der Waals surface area contributed by atoms with Gasteiger partial charge in [0.2, 0.25) is 0 Å². The van der Waals surface area contributed by atoms with E-state index >= 15 is 0 Å². The molecular formula is C12H16ClNO. The highest BCUT2D eigenvalue weighted by atomic mass is 35.5. The second kappa shape index (κ2) is 4.86. The molecule has 1 aromatic rings. The van der Waals surface area contributed by atoms with Gasteiger partial charge in [0, 0.05) is 17.5 Å². The quantitative estimate of drug-likeness (QED) is 0.854. The van der Waals surface area contributed by atoms with Gasteiger partial charge in [-0.15, -0.1) is 0 Å². The van der Waals surface area contributed by atoms with E-state index < -0.39 is 0 Å². The van der Waals surface area contributed by atoms with Gasteiger partial charge in [-0.3, -0.25) is 0 Å². The first-order chi connectivity index (χ1) is 7.25. The zero-order valence-electron chi connectivity index (χ0n) is 8.92. The highest BCUT2D eigenvalue weighted by molar-refractivity contribution is 6.30. The molecule has 1 heterocycles. The third kappa shape index (κ3) is 2.86. The van der Waals surface area contributed by atoms with Crippen LogP contribution in [0.3, 0.4) is 0 Å². The van der Waals surface area contributed by atoms with Gasteiger partial charge in [0.25, 0.3) is 0 Å². The number of ether oxygens (including phenoxy) is 1. The number of benzene rings is 1. The summed E-state index contributed by atoms with van der Waals surface area (Å²) in [5.41, 5.74) is 1.14. The molecule has 0 radical (unpaired) electrons. The van der Waals surface area contributed by atoms with Crippen LogP contribution in [0.1, 0.15) is 12.0 Å². The Morgan fingerprint density at radius 1 is 1.53 bits per heavy atom. The lowest BCUT2D eigenvalue weighted by molar-refractivity contribution is 0.258. The molecule has 0 spiro atoms. The summed E-state index contributed by atoms with van der Waals surface area (Å²) in [6.45, 7) is 5.01. The van der Waals surface area contributed by atoms with Gasteiger partial charge in [-0.2, -0.15) is 0 Å². The monoisotopic (exact) mass is 225 g/mol. The Morgan fingerprint density at radius 2 is 2.40 bits per heavy atom.